The molecule has 0 aliphatic rings. The van der Waals surface area contributed by atoms with Gasteiger partial charge in [0.2, 0.25) is 0 Å². The summed E-state index contributed by atoms with van der Waals surface area (Å²) in [6.45, 7) is 5.72. The summed E-state index contributed by atoms with van der Waals surface area (Å²) in [7, 11) is 0. The lowest BCUT2D eigenvalue weighted by atomic mass is 9.81. The minimum atomic E-state index is -2.67. The van der Waals surface area contributed by atoms with Crippen LogP contribution in [0.3, 0.4) is 0 Å². The highest BCUT2D eigenvalue weighted by Crippen LogP contribution is 2.27. The average Bonchev–Trinajstić information content (AvgIpc) is 2.45. The van der Waals surface area contributed by atoms with Gasteiger partial charge in [0.05, 0.1) is 26.2 Å². The van der Waals surface area contributed by atoms with Crippen molar-refractivity contribution >= 4 is 23.7 Å². The van der Waals surface area contributed by atoms with Crippen molar-refractivity contribution in [2.75, 3.05) is 19.8 Å². The summed E-state index contributed by atoms with van der Waals surface area (Å²) < 4.78 is 14.3. The van der Waals surface area contributed by atoms with Crippen LogP contribution in [0.25, 0.3) is 0 Å². The van der Waals surface area contributed by atoms with Crippen molar-refractivity contribution in [3.05, 3.63) is 0 Å². The average molecular weight is 332 g/mol. The third-order valence-corrected chi connectivity index (χ3v) is 2.92. The van der Waals surface area contributed by atoms with E-state index >= 15 is 0 Å². The first-order chi connectivity index (χ1) is 10.7. The number of rotatable bonds is 10. The molecule has 0 heterocycles. The monoisotopic (exact) mass is 332 g/mol. The van der Waals surface area contributed by atoms with E-state index in [-0.39, 0.29) is 19.8 Å². The first kappa shape index (κ1) is 21.0. The molecule has 0 aliphatic heterocycles. The highest BCUT2D eigenvalue weighted by atomic mass is 16.6. The fourth-order valence-electron chi connectivity index (χ4n) is 1.96. The number of aliphatic hydroxyl groups is 1. The van der Waals surface area contributed by atoms with Gasteiger partial charge in [0, 0.05) is 0 Å². The minimum absolute atomic E-state index is 0.0148. The zero-order valence-electron chi connectivity index (χ0n) is 13.9. The lowest BCUT2D eigenvalue weighted by molar-refractivity contribution is -0.187. The van der Waals surface area contributed by atoms with Crippen LogP contribution in [0.4, 0.5) is 0 Å². The van der Waals surface area contributed by atoms with Gasteiger partial charge in [0.15, 0.2) is 11.5 Å². The topological polar surface area (TPSA) is 116 Å². The maximum Gasteiger partial charge on any atom is 0.340 e. The van der Waals surface area contributed by atoms with Crippen molar-refractivity contribution < 1.29 is 38.5 Å². The maximum absolute atomic E-state index is 12.1. The molecule has 8 nitrogen and oxygen atoms in total. The first-order valence-corrected chi connectivity index (χ1v) is 7.46. The van der Waals surface area contributed by atoms with Crippen LogP contribution in [0.15, 0.2) is 0 Å². The van der Waals surface area contributed by atoms with E-state index in [2.05, 4.69) is 4.74 Å². The Morgan fingerprint density at radius 3 is 2.00 bits per heavy atom. The Kier molecular flexibility index (Phi) is 9.09. The number of hydrogen-bond donors (Lipinski definition) is 1. The predicted molar refractivity (Wildman–Crippen MR) is 78.3 cm³/mol. The van der Waals surface area contributed by atoms with Crippen LogP contribution in [0.2, 0.25) is 0 Å². The number of ether oxygens (including phenoxy) is 3. The second-order valence-corrected chi connectivity index (χ2v) is 4.84. The van der Waals surface area contributed by atoms with Crippen LogP contribution in [0.5, 0.6) is 0 Å². The Morgan fingerprint density at radius 2 is 1.57 bits per heavy atom. The highest BCUT2D eigenvalue weighted by molar-refractivity contribution is 6.05. The minimum Gasteiger partial charge on any atom is -0.466 e. The Balaban J connectivity index is 5.64. The van der Waals surface area contributed by atoms with E-state index in [9.17, 15) is 24.3 Å². The van der Waals surface area contributed by atoms with Crippen molar-refractivity contribution in [2.24, 2.45) is 5.92 Å². The summed E-state index contributed by atoms with van der Waals surface area (Å²) in [5.41, 5.74) is -2.67. The second kappa shape index (κ2) is 9.94. The molecule has 132 valence electrons. The molecule has 0 fully saturated rings. The standard InChI is InChI=1S/C15H24O8/c1-5-8-23-13(18)12(10(4)16)15(20,14(19)22-7-3)9-11(17)21-6-2/h12,20H,5-9H2,1-4H3. The van der Waals surface area contributed by atoms with E-state index < -0.39 is 41.6 Å². The summed E-state index contributed by atoms with van der Waals surface area (Å²) in [5, 5.41) is 10.6. The summed E-state index contributed by atoms with van der Waals surface area (Å²) in [6, 6.07) is 0. The highest BCUT2D eigenvalue weighted by Gasteiger charge is 2.54. The molecule has 2 atom stereocenters. The van der Waals surface area contributed by atoms with Gasteiger partial charge in [0.25, 0.3) is 0 Å². The Hall–Kier alpha value is -1.96. The lowest BCUT2D eigenvalue weighted by Gasteiger charge is -2.30. The van der Waals surface area contributed by atoms with E-state index in [0.717, 1.165) is 6.92 Å². The van der Waals surface area contributed by atoms with Crippen molar-refractivity contribution in [2.45, 2.75) is 46.1 Å². The largest absolute Gasteiger partial charge is 0.466 e. The van der Waals surface area contributed by atoms with Gasteiger partial charge < -0.3 is 19.3 Å². The molecule has 0 rings (SSSR count). The maximum atomic E-state index is 12.1. The number of esters is 3. The molecule has 1 N–H and O–H groups in total. The molecule has 8 heteroatoms. The number of ketones is 1. The molecule has 0 amide bonds. The molecule has 0 aromatic heterocycles. The fourth-order valence-corrected chi connectivity index (χ4v) is 1.96. The lowest BCUT2D eigenvalue weighted by Crippen LogP contribution is -2.54. The fraction of sp³-hybridized carbons (Fsp3) is 0.733. The summed E-state index contributed by atoms with van der Waals surface area (Å²) in [6.07, 6.45) is -0.392. The number of carbonyl (C=O) groups is 4. The van der Waals surface area contributed by atoms with Crippen molar-refractivity contribution in [3.8, 4) is 0 Å². The van der Waals surface area contributed by atoms with Gasteiger partial charge in [0.1, 0.15) is 5.78 Å². The molecule has 0 aliphatic carbocycles. The van der Waals surface area contributed by atoms with Gasteiger partial charge in [-0.3, -0.25) is 14.4 Å². The molecule has 0 saturated carbocycles. The van der Waals surface area contributed by atoms with Crippen LogP contribution in [-0.4, -0.2) is 54.2 Å². The van der Waals surface area contributed by atoms with E-state index in [4.69, 9.17) is 9.47 Å². The summed E-state index contributed by atoms with van der Waals surface area (Å²) >= 11 is 0. The smallest absolute Gasteiger partial charge is 0.340 e. The van der Waals surface area contributed by atoms with Crippen LogP contribution in [0.1, 0.15) is 40.5 Å². The van der Waals surface area contributed by atoms with E-state index in [1.54, 1.807) is 13.8 Å². The Morgan fingerprint density at radius 1 is 1.00 bits per heavy atom. The van der Waals surface area contributed by atoms with Crippen molar-refractivity contribution in [3.63, 3.8) is 0 Å². The van der Waals surface area contributed by atoms with Gasteiger partial charge in [-0.25, -0.2) is 4.79 Å². The zero-order chi connectivity index (χ0) is 18.0. The molecule has 2 unspecified atom stereocenters. The Labute approximate surface area is 135 Å². The molecular weight excluding hydrogens is 308 g/mol. The third-order valence-electron chi connectivity index (χ3n) is 2.92. The molecule has 0 spiro atoms. The molecule has 0 radical (unpaired) electrons. The zero-order valence-corrected chi connectivity index (χ0v) is 13.9. The van der Waals surface area contributed by atoms with Gasteiger partial charge >= 0.3 is 17.9 Å². The number of carbonyl (C=O) groups excluding carboxylic acids is 4. The third kappa shape index (κ3) is 5.97. The van der Waals surface area contributed by atoms with Crippen LogP contribution in [0, 0.1) is 5.92 Å². The van der Waals surface area contributed by atoms with Gasteiger partial charge in [-0.2, -0.15) is 0 Å². The molecule has 0 aromatic carbocycles. The first-order valence-electron chi connectivity index (χ1n) is 7.46. The van der Waals surface area contributed by atoms with Crippen molar-refractivity contribution in [1.82, 2.24) is 0 Å². The summed E-state index contributed by atoms with van der Waals surface area (Å²) in [4.78, 5) is 47.7. The quantitative estimate of drug-likeness (QED) is 0.347. The van der Waals surface area contributed by atoms with Crippen LogP contribution >= 0.6 is 0 Å². The number of Topliss-reactive ketones (excluding diaryl/α,β-unsaturated/α-hetero) is 1. The van der Waals surface area contributed by atoms with Gasteiger partial charge in [-0.15, -0.1) is 0 Å². The van der Waals surface area contributed by atoms with Crippen LogP contribution in [-0.2, 0) is 33.4 Å². The molecule has 0 aromatic rings. The van der Waals surface area contributed by atoms with E-state index in [1.807, 2.05) is 0 Å². The van der Waals surface area contributed by atoms with Gasteiger partial charge in [-0.05, 0) is 27.2 Å². The number of hydrogen-bond acceptors (Lipinski definition) is 8. The molecule has 23 heavy (non-hydrogen) atoms. The molecule has 0 bridgehead atoms. The van der Waals surface area contributed by atoms with E-state index in [0.29, 0.717) is 6.42 Å². The SMILES string of the molecule is CCCOC(=O)C(C(C)=O)C(O)(CC(=O)OCC)C(=O)OCC. The predicted octanol–water partition coefficient (Wildman–Crippen LogP) is 0.392. The normalized spacial score (nSPS) is 14.3. The second-order valence-electron chi connectivity index (χ2n) is 4.84. The van der Waals surface area contributed by atoms with E-state index in [1.165, 1.54) is 6.92 Å². The van der Waals surface area contributed by atoms with Crippen LogP contribution < -0.4 is 0 Å². The molecule has 0 saturated heterocycles. The summed E-state index contributed by atoms with van der Waals surface area (Å²) in [5.74, 6) is -5.94. The van der Waals surface area contributed by atoms with Gasteiger partial charge in [-0.1, -0.05) is 6.92 Å². The molecular formula is C15H24O8. The Bertz CT molecular complexity index is 445. The van der Waals surface area contributed by atoms with Crippen molar-refractivity contribution in [1.29, 1.82) is 0 Å².